The zero-order valence-electron chi connectivity index (χ0n) is 16.0. The third-order valence-corrected chi connectivity index (χ3v) is 5.76. The molecule has 4 nitrogen and oxygen atoms in total. The van der Waals surface area contributed by atoms with Crippen LogP contribution in [0.5, 0.6) is 5.75 Å². The van der Waals surface area contributed by atoms with Crippen LogP contribution in [-0.2, 0) is 22.3 Å². The second kappa shape index (κ2) is 6.90. The fourth-order valence-corrected chi connectivity index (χ4v) is 3.48. The quantitative estimate of drug-likeness (QED) is 0.765. The second-order valence-corrected chi connectivity index (χ2v) is 8.02. The van der Waals surface area contributed by atoms with E-state index < -0.39 is 0 Å². The Labute approximate surface area is 150 Å². The minimum atomic E-state index is -0.381. The van der Waals surface area contributed by atoms with Gasteiger partial charge in [0, 0.05) is 25.2 Å². The zero-order valence-corrected chi connectivity index (χ0v) is 16.0. The summed E-state index contributed by atoms with van der Waals surface area (Å²) in [7, 11) is 1.32. The van der Waals surface area contributed by atoms with Crippen LogP contribution in [0, 0.1) is 0 Å². The molecule has 0 aromatic heterocycles. The molecule has 1 saturated heterocycles. The highest BCUT2D eigenvalue weighted by molar-refractivity contribution is 6.62. The maximum Gasteiger partial charge on any atom is 0.494 e. The van der Waals surface area contributed by atoms with Crippen molar-refractivity contribution in [3.63, 3.8) is 0 Å². The molecule has 0 N–H and O–H groups in total. The first kappa shape index (κ1) is 18.7. The first-order valence-corrected chi connectivity index (χ1v) is 9.11. The lowest BCUT2D eigenvalue weighted by Gasteiger charge is -2.32. The van der Waals surface area contributed by atoms with Crippen LogP contribution in [-0.4, -0.2) is 50.1 Å². The van der Waals surface area contributed by atoms with Gasteiger partial charge in [0.2, 0.25) is 0 Å². The van der Waals surface area contributed by atoms with Crippen molar-refractivity contribution in [2.45, 2.75) is 58.3 Å². The van der Waals surface area contributed by atoms with Crippen LogP contribution in [0.3, 0.4) is 0 Å². The minimum Gasteiger partial charge on any atom is -0.496 e. The van der Waals surface area contributed by atoms with Crippen LogP contribution in [0.25, 0.3) is 0 Å². The molecule has 0 saturated carbocycles. The molecule has 3 rings (SSSR count). The van der Waals surface area contributed by atoms with Crippen molar-refractivity contribution < 1.29 is 18.4 Å². The molecule has 0 radical (unpaired) electrons. The van der Waals surface area contributed by atoms with Gasteiger partial charge in [-0.3, -0.25) is 9.29 Å². The third-order valence-electron chi connectivity index (χ3n) is 5.76. The highest BCUT2D eigenvalue weighted by atomic mass is 19.1. The standard InChI is InChI=1S/C19H29BFNO3/c1-18(2)19(3,4)25-20(24-18)15-11-14-7-10-22(9-6-8-21)13-16(14)17(12-15)23-5/h11-12H,6-10,13H2,1-5H3. The van der Waals surface area contributed by atoms with Gasteiger partial charge < -0.3 is 14.0 Å². The van der Waals surface area contributed by atoms with E-state index >= 15 is 0 Å². The average Bonchev–Trinajstić information content (AvgIpc) is 2.79. The summed E-state index contributed by atoms with van der Waals surface area (Å²) in [5.74, 6) is 0.868. The maximum absolute atomic E-state index is 12.5. The first-order valence-electron chi connectivity index (χ1n) is 9.11. The van der Waals surface area contributed by atoms with E-state index in [2.05, 4.69) is 38.7 Å². The molecule has 138 valence electrons. The lowest BCUT2D eigenvalue weighted by atomic mass is 9.76. The van der Waals surface area contributed by atoms with Crippen LogP contribution in [0.15, 0.2) is 12.1 Å². The van der Waals surface area contributed by atoms with Crippen molar-refractivity contribution in [2.75, 3.05) is 26.9 Å². The Hall–Kier alpha value is -1.11. The van der Waals surface area contributed by atoms with E-state index in [9.17, 15) is 4.39 Å². The van der Waals surface area contributed by atoms with Crippen molar-refractivity contribution in [2.24, 2.45) is 0 Å². The predicted octanol–water partition coefficient (Wildman–Crippen LogP) is 2.71. The monoisotopic (exact) mass is 349 g/mol. The number of methoxy groups -OCH3 is 1. The molecule has 1 aromatic rings. The first-order chi connectivity index (χ1) is 11.8. The van der Waals surface area contributed by atoms with Gasteiger partial charge in [-0.1, -0.05) is 6.07 Å². The SMILES string of the molecule is COc1cc(B2OC(C)(C)C(C)(C)O2)cc2c1CN(CCCF)CC2. The Morgan fingerprint density at radius 1 is 1.20 bits per heavy atom. The van der Waals surface area contributed by atoms with Gasteiger partial charge in [-0.25, -0.2) is 0 Å². The third kappa shape index (κ3) is 3.57. The maximum atomic E-state index is 12.5. The number of halogens is 1. The van der Waals surface area contributed by atoms with Crippen LogP contribution in [0.4, 0.5) is 4.39 Å². The molecule has 0 amide bonds. The second-order valence-electron chi connectivity index (χ2n) is 8.02. The average molecular weight is 349 g/mol. The molecule has 25 heavy (non-hydrogen) atoms. The zero-order chi connectivity index (χ0) is 18.2. The number of fused-ring (bicyclic) bond motifs is 1. The van der Waals surface area contributed by atoms with Gasteiger partial charge in [0.25, 0.3) is 0 Å². The number of rotatable bonds is 5. The van der Waals surface area contributed by atoms with Crippen LogP contribution < -0.4 is 10.2 Å². The van der Waals surface area contributed by atoms with Crippen molar-refractivity contribution in [1.82, 2.24) is 4.90 Å². The van der Waals surface area contributed by atoms with Crippen molar-refractivity contribution >= 4 is 12.6 Å². The summed E-state index contributed by atoms with van der Waals surface area (Å²) in [6.45, 7) is 10.5. The lowest BCUT2D eigenvalue weighted by molar-refractivity contribution is 0.00578. The highest BCUT2D eigenvalue weighted by Crippen LogP contribution is 2.37. The van der Waals surface area contributed by atoms with Gasteiger partial charge in [0.1, 0.15) is 5.75 Å². The van der Waals surface area contributed by atoms with Crippen molar-refractivity contribution in [3.8, 4) is 5.75 Å². The Morgan fingerprint density at radius 2 is 1.88 bits per heavy atom. The smallest absolute Gasteiger partial charge is 0.494 e. The summed E-state index contributed by atoms with van der Waals surface area (Å²) in [6.07, 6.45) is 1.52. The van der Waals surface area contributed by atoms with Crippen molar-refractivity contribution in [3.05, 3.63) is 23.3 Å². The summed E-state index contributed by atoms with van der Waals surface area (Å²) < 4.78 is 30.5. The molecule has 0 unspecified atom stereocenters. The normalized spacial score (nSPS) is 22.1. The fraction of sp³-hybridized carbons (Fsp3) is 0.684. The molecule has 2 heterocycles. The van der Waals surface area contributed by atoms with Gasteiger partial charge >= 0.3 is 7.12 Å². The highest BCUT2D eigenvalue weighted by Gasteiger charge is 2.52. The van der Waals surface area contributed by atoms with E-state index in [1.54, 1.807) is 7.11 Å². The molecule has 0 atom stereocenters. The summed E-state index contributed by atoms with van der Waals surface area (Å²) in [6, 6.07) is 4.21. The number of ether oxygens (including phenoxy) is 1. The van der Waals surface area contributed by atoms with Gasteiger partial charge in [-0.15, -0.1) is 0 Å². The van der Waals surface area contributed by atoms with E-state index in [4.69, 9.17) is 14.0 Å². The molecule has 6 heteroatoms. The number of alkyl halides is 1. The Bertz CT molecular complexity index is 602. The van der Waals surface area contributed by atoms with E-state index in [-0.39, 0.29) is 25.0 Å². The molecule has 0 aliphatic carbocycles. The largest absolute Gasteiger partial charge is 0.496 e. The number of hydrogen-bond donors (Lipinski definition) is 0. The van der Waals surface area contributed by atoms with Gasteiger partial charge in [-0.2, -0.15) is 0 Å². The van der Waals surface area contributed by atoms with Crippen molar-refractivity contribution in [1.29, 1.82) is 0 Å². The van der Waals surface area contributed by atoms with Crippen LogP contribution in [0.1, 0.15) is 45.2 Å². The van der Waals surface area contributed by atoms with Crippen LogP contribution >= 0.6 is 0 Å². The van der Waals surface area contributed by atoms with Crippen LogP contribution in [0.2, 0.25) is 0 Å². The summed E-state index contributed by atoms with van der Waals surface area (Å²) in [5, 5.41) is 0. The molecule has 0 spiro atoms. The molecule has 2 aliphatic rings. The Balaban J connectivity index is 1.85. The minimum absolute atomic E-state index is 0.263. The molecular formula is C19H29BFNO3. The molecule has 1 fully saturated rings. The van der Waals surface area contributed by atoms with Gasteiger partial charge in [-0.05, 0) is 57.6 Å². The number of nitrogens with zero attached hydrogens (tertiary/aromatic N) is 1. The Morgan fingerprint density at radius 3 is 2.48 bits per heavy atom. The van der Waals surface area contributed by atoms with E-state index in [0.717, 1.165) is 37.3 Å². The molecule has 0 bridgehead atoms. The molecule has 1 aromatic carbocycles. The van der Waals surface area contributed by atoms with E-state index in [1.807, 2.05) is 6.07 Å². The topological polar surface area (TPSA) is 30.9 Å². The molecule has 2 aliphatic heterocycles. The predicted molar refractivity (Wildman–Crippen MR) is 98.3 cm³/mol. The van der Waals surface area contributed by atoms with Gasteiger partial charge in [0.05, 0.1) is 25.0 Å². The number of benzene rings is 1. The lowest BCUT2D eigenvalue weighted by Crippen LogP contribution is -2.41. The molecular weight excluding hydrogens is 320 g/mol. The van der Waals surface area contributed by atoms with E-state index in [1.165, 1.54) is 11.1 Å². The summed E-state index contributed by atoms with van der Waals surface area (Å²) in [5.41, 5.74) is 2.77. The van der Waals surface area contributed by atoms with Gasteiger partial charge in [0.15, 0.2) is 0 Å². The summed E-state index contributed by atoms with van der Waals surface area (Å²) >= 11 is 0. The van der Waals surface area contributed by atoms with E-state index in [0.29, 0.717) is 6.42 Å². The summed E-state index contributed by atoms with van der Waals surface area (Å²) in [4.78, 5) is 2.29. The number of hydrogen-bond acceptors (Lipinski definition) is 4. The Kier molecular flexibility index (Phi) is 5.15. The fourth-order valence-electron chi connectivity index (χ4n) is 3.48.